The first-order chi connectivity index (χ1) is 14.3. The van der Waals surface area contributed by atoms with Gasteiger partial charge in [0, 0.05) is 5.69 Å². The second-order valence-electron chi connectivity index (χ2n) is 6.40. The van der Waals surface area contributed by atoms with Crippen LogP contribution in [0.2, 0.25) is 0 Å². The molecular weight excluding hydrogens is 411 g/mol. The number of imidazole rings is 1. The number of rotatable bonds is 5. The highest BCUT2D eigenvalue weighted by Crippen LogP contribution is 2.22. The Morgan fingerprint density at radius 2 is 1.60 bits per heavy atom. The lowest BCUT2D eigenvalue weighted by atomic mass is 10.1. The molecule has 1 amide bonds. The first-order valence-electron chi connectivity index (χ1n) is 8.73. The van der Waals surface area contributed by atoms with Crippen LogP contribution in [-0.2, 0) is 10.0 Å². The van der Waals surface area contributed by atoms with Crippen LogP contribution in [0.25, 0.3) is 11.0 Å². The minimum atomic E-state index is -4.03. The summed E-state index contributed by atoms with van der Waals surface area (Å²) >= 11 is 0. The summed E-state index contributed by atoms with van der Waals surface area (Å²) in [4.78, 5) is 29.2. The standard InChI is InChI=1S/C20H15FN4O4S/c21-12-5-8-14(9-6-12)30(28,29)25-16-4-2-1-3-15(16)19(26)22-13-7-10-17-18(11-13)24-20(27)23-17/h1-11,25H,(H,22,26)(H2,23,24,27). The predicted molar refractivity (Wildman–Crippen MR) is 111 cm³/mol. The topological polar surface area (TPSA) is 124 Å². The third-order valence-corrected chi connectivity index (χ3v) is 5.70. The number of aromatic nitrogens is 2. The van der Waals surface area contributed by atoms with Crippen LogP contribution in [-0.4, -0.2) is 24.3 Å². The van der Waals surface area contributed by atoms with E-state index < -0.39 is 21.7 Å². The van der Waals surface area contributed by atoms with Crippen molar-refractivity contribution < 1.29 is 17.6 Å². The van der Waals surface area contributed by atoms with Crippen LogP contribution in [0.15, 0.2) is 76.4 Å². The Kier molecular flexibility index (Phi) is 4.84. The van der Waals surface area contributed by atoms with E-state index in [2.05, 4.69) is 20.0 Å². The van der Waals surface area contributed by atoms with Gasteiger partial charge in [0.2, 0.25) is 0 Å². The van der Waals surface area contributed by atoms with E-state index in [0.717, 1.165) is 24.3 Å². The van der Waals surface area contributed by atoms with Crippen molar-refractivity contribution in [2.24, 2.45) is 0 Å². The van der Waals surface area contributed by atoms with Crippen LogP contribution < -0.4 is 15.7 Å². The molecule has 0 saturated carbocycles. The molecule has 0 spiro atoms. The average Bonchev–Trinajstić information content (AvgIpc) is 3.07. The summed E-state index contributed by atoms with van der Waals surface area (Å²) < 4.78 is 40.6. The highest BCUT2D eigenvalue weighted by Gasteiger charge is 2.19. The fourth-order valence-electron chi connectivity index (χ4n) is 2.90. The lowest BCUT2D eigenvalue weighted by Gasteiger charge is -2.13. The van der Waals surface area contributed by atoms with Gasteiger partial charge in [-0.25, -0.2) is 17.6 Å². The van der Waals surface area contributed by atoms with E-state index in [-0.39, 0.29) is 21.8 Å². The largest absolute Gasteiger partial charge is 0.323 e. The maximum Gasteiger partial charge on any atom is 0.323 e. The summed E-state index contributed by atoms with van der Waals surface area (Å²) in [6.07, 6.45) is 0. The van der Waals surface area contributed by atoms with Gasteiger partial charge < -0.3 is 15.3 Å². The van der Waals surface area contributed by atoms with Gasteiger partial charge in [0.25, 0.3) is 15.9 Å². The summed E-state index contributed by atoms with van der Waals surface area (Å²) in [5.74, 6) is -1.11. The first-order valence-corrected chi connectivity index (χ1v) is 10.2. The SMILES string of the molecule is O=C(Nc1ccc2[nH]c(=O)[nH]c2c1)c1ccccc1NS(=O)(=O)c1ccc(F)cc1. The van der Waals surface area contributed by atoms with Crippen molar-refractivity contribution in [2.75, 3.05) is 10.0 Å². The van der Waals surface area contributed by atoms with E-state index in [0.29, 0.717) is 16.7 Å². The Hall–Kier alpha value is -3.92. The van der Waals surface area contributed by atoms with Crippen molar-refractivity contribution in [1.29, 1.82) is 0 Å². The molecule has 4 aromatic rings. The van der Waals surface area contributed by atoms with Crippen LogP contribution in [0.4, 0.5) is 15.8 Å². The Morgan fingerprint density at radius 3 is 2.37 bits per heavy atom. The maximum atomic E-state index is 13.1. The predicted octanol–water partition coefficient (Wildman–Crippen LogP) is 3.05. The number of hydrogen-bond donors (Lipinski definition) is 4. The number of aromatic amines is 2. The van der Waals surface area contributed by atoms with Crippen molar-refractivity contribution in [3.8, 4) is 0 Å². The molecule has 0 saturated heterocycles. The molecule has 10 heteroatoms. The number of nitrogens with one attached hydrogen (secondary N) is 4. The molecule has 0 aliphatic heterocycles. The molecule has 1 aromatic heterocycles. The van der Waals surface area contributed by atoms with Crippen LogP contribution in [0.1, 0.15) is 10.4 Å². The molecule has 152 valence electrons. The van der Waals surface area contributed by atoms with Gasteiger partial charge in [-0.2, -0.15) is 0 Å². The van der Waals surface area contributed by atoms with Gasteiger partial charge in [-0.15, -0.1) is 0 Å². The molecule has 0 aliphatic carbocycles. The van der Waals surface area contributed by atoms with Crippen LogP contribution in [0.5, 0.6) is 0 Å². The number of anilines is 2. The minimum Gasteiger partial charge on any atom is -0.322 e. The van der Waals surface area contributed by atoms with E-state index >= 15 is 0 Å². The number of carbonyl (C=O) groups excluding carboxylic acids is 1. The molecule has 0 unspecified atom stereocenters. The van der Waals surface area contributed by atoms with E-state index in [9.17, 15) is 22.4 Å². The fourth-order valence-corrected chi connectivity index (χ4v) is 3.98. The smallest absolute Gasteiger partial charge is 0.322 e. The summed E-state index contributed by atoms with van der Waals surface area (Å²) in [6.45, 7) is 0. The second kappa shape index (κ2) is 7.48. The lowest BCUT2D eigenvalue weighted by Crippen LogP contribution is -2.18. The van der Waals surface area contributed by atoms with Gasteiger partial charge in [0.05, 0.1) is 27.2 Å². The van der Waals surface area contributed by atoms with E-state index in [4.69, 9.17) is 0 Å². The van der Waals surface area contributed by atoms with Crippen LogP contribution >= 0.6 is 0 Å². The zero-order chi connectivity index (χ0) is 21.3. The van der Waals surface area contributed by atoms with Gasteiger partial charge in [-0.1, -0.05) is 12.1 Å². The zero-order valence-electron chi connectivity index (χ0n) is 15.3. The lowest BCUT2D eigenvalue weighted by molar-refractivity contribution is 0.102. The minimum absolute atomic E-state index is 0.0652. The van der Waals surface area contributed by atoms with E-state index in [1.807, 2.05) is 0 Å². The molecule has 0 aliphatic rings. The third kappa shape index (κ3) is 3.94. The Labute approximate surface area is 169 Å². The van der Waals surface area contributed by atoms with E-state index in [1.54, 1.807) is 30.3 Å². The van der Waals surface area contributed by atoms with Gasteiger partial charge in [0.1, 0.15) is 5.82 Å². The summed E-state index contributed by atoms with van der Waals surface area (Å²) in [6, 6.07) is 15.2. The number of amides is 1. The van der Waals surface area contributed by atoms with E-state index in [1.165, 1.54) is 12.1 Å². The van der Waals surface area contributed by atoms with Crippen molar-refractivity contribution in [3.63, 3.8) is 0 Å². The number of benzene rings is 3. The highest BCUT2D eigenvalue weighted by molar-refractivity contribution is 7.92. The Bertz CT molecular complexity index is 1410. The molecular formula is C20H15FN4O4S. The molecule has 0 radical (unpaired) electrons. The van der Waals surface area contributed by atoms with Crippen molar-refractivity contribution in [3.05, 3.63) is 88.6 Å². The molecule has 4 rings (SSSR count). The fraction of sp³-hybridized carbons (Fsp3) is 0. The Morgan fingerprint density at radius 1 is 0.900 bits per heavy atom. The van der Waals surface area contributed by atoms with Gasteiger partial charge >= 0.3 is 5.69 Å². The molecule has 8 nitrogen and oxygen atoms in total. The number of para-hydroxylation sites is 1. The number of fused-ring (bicyclic) bond motifs is 1. The number of H-pyrrole nitrogens is 2. The van der Waals surface area contributed by atoms with Crippen LogP contribution in [0.3, 0.4) is 0 Å². The van der Waals surface area contributed by atoms with Gasteiger partial charge in [-0.05, 0) is 54.6 Å². The molecule has 0 atom stereocenters. The number of hydrogen-bond acceptors (Lipinski definition) is 4. The summed E-state index contributed by atoms with van der Waals surface area (Å²) in [5, 5.41) is 2.67. The Balaban J connectivity index is 1.61. The van der Waals surface area contributed by atoms with Crippen LogP contribution in [0, 0.1) is 5.82 Å². The second-order valence-corrected chi connectivity index (χ2v) is 8.08. The normalized spacial score (nSPS) is 11.4. The maximum absolute atomic E-state index is 13.1. The number of halogens is 1. The van der Waals surface area contributed by atoms with Gasteiger partial charge in [0.15, 0.2) is 0 Å². The number of carbonyl (C=O) groups is 1. The average molecular weight is 426 g/mol. The van der Waals surface area contributed by atoms with Crippen molar-refractivity contribution in [1.82, 2.24) is 9.97 Å². The quantitative estimate of drug-likeness (QED) is 0.392. The highest BCUT2D eigenvalue weighted by atomic mass is 32.2. The molecule has 30 heavy (non-hydrogen) atoms. The number of sulfonamides is 1. The van der Waals surface area contributed by atoms with Crippen molar-refractivity contribution >= 4 is 38.3 Å². The summed E-state index contributed by atoms with van der Waals surface area (Å²) in [7, 11) is -4.03. The monoisotopic (exact) mass is 426 g/mol. The van der Waals surface area contributed by atoms with Gasteiger partial charge in [-0.3, -0.25) is 9.52 Å². The first kappa shape index (κ1) is 19.4. The molecule has 1 heterocycles. The molecule has 0 bridgehead atoms. The molecule has 3 aromatic carbocycles. The van der Waals surface area contributed by atoms with Crippen molar-refractivity contribution in [2.45, 2.75) is 4.90 Å². The molecule has 0 fully saturated rings. The third-order valence-electron chi connectivity index (χ3n) is 4.31. The summed E-state index contributed by atoms with van der Waals surface area (Å²) in [5.41, 5.74) is 1.31. The molecule has 4 N–H and O–H groups in total. The zero-order valence-corrected chi connectivity index (χ0v) is 16.1.